The second kappa shape index (κ2) is 7.63. The molecule has 0 spiro atoms. The number of carbonyl (C=O) groups excluding carboxylic acids is 1. The highest BCUT2D eigenvalue weighted by Crippen LogP contribution is 2.14. The molecule has 4 heteroatoms. The molecule has 0 rings (SSSR count). The molecule has 0 aliphatic carbocycles. The first kappa shape index (κ1) is 15.4. The summed E-state index contributed by atoms with van der Waals surface area (Å²) >= 11 is 0. The summed E-state index contributed by atoms with van der Waals surface area (Å²) in [5.41, 5.74) is 2.16. The highest BCUT2D eigenvalue weighted by Gasteiger charge is 2.17. The van der Waals surface area contributed by atoms with Crippen LogP contribution >= 0.6 is 0 Å². The van der Waals surface area contributed by atoms with Crippen molar-refractivity contribution in [2.45, 2.75) is 59.0 Å². The summed E-state index contributed by atoms with van der Waals surface area (Å²) in [7, 11) is 2.12. The van der Waals surface area contributed by atoms with Gasteiger partial charge in [-0.15, -0.1) is 0 Å². The third-order valence-electron chi connectivity index (χ3n) is 3.15. The van der Waals surface area contributed by atoms with Crippen LogP contribution in [0, 0.1) is 5.92 Å². The van der Waals surface area contributed by atoms with E-state index < -0.39 is 0 Å². The molecular formula is C12H27N3O. The maximum absolute atomic E-state index is 11.0. The Morgan fingerprint density at radius 2 is 1.81 bits per heavy atom. The van der Waals surface area contributed by atoms with Gasteiger partial charge < -0.3 is 4.90 Å². The van der Waals surface area contributed by atoms with E-state index in [0.29, 0.717) is 24.4 Å². The highest BCUT2D eigenvalue weighted by molar-refractivity contribution is 5.75. The maximum Gasteiger partial charge on any atom is 0.233 e. The largest absolute Gasteiger partial charge is 0.301 e. The minimum atomic E-state index is -0.0863. The van der Waals surface area contributed by atoms with Gasteiger partial charge in [0.05, 0.1) is 0 Å². The van der Waals surface area contributed by atoms with E-state index in [1.807, 2.05) is 0 Å². The molecule has 0 bridgehead atoms. The standard InChI is InChI=1S/C12H27N3O/c1-9(2)8-11(4)15(5)10(3)6-7-12(16)14-13/h9-11H,6-8,13H2,1-5H3,(H,14,16). The van der Waals surface area contributed by atoms with Gasteiger partial charge in [0, 0.05) is 18.5 Å². The van der Waals surface area contributed by atoms with E-state index in [9.17, 15) is 4.79 Å². The highest BCUT2D eigenvalue weighted by atomic mass is 16.2. The summed E-state index contributed by atoms with van der Waals surface area (Å²) in [5, 5.41) is 0. The summed E-state index contributed by atoms with van der Waals surface area (Å²) in [6.45, 7) is 8.86. The first-order chi connectivity index (χ1) is 7.38. The third kappa shape index (κ3) is 6.08. The second-order valence-corrected chi connectivity index (χ2v) is 5.10. The zero-order valence-electron chi connectivity index (χ0n) is 11.3. The molecule has 0 aromatic heterocycles. The zero-order valence-corrected chi connectivity index (χ0v) is 11.3. The quantitative estimate of drug-likeness (QED) is 0.395. The van der Waals surface area contributed by atoms with E-state index in [2.05, 4.69) is 45.1 Å². The van der Waals surface area contributed by atoms with Crippen LogP contribution in [0.5, 0.6) is 0 Å². The molecule has 0 fully saturated rings. The lowest BCUT2D eigenvalue weighted by atomic mass is 10.0. The Morgan fingerprint density at radius 3 is 2.25 bits per heavy atom. The van der Waals surface area contributed by atoms with Crippen molar-refractivity contribution in [1.29, 1.82) is 0 Å². The SMILES string of the molecule is CC(C)CC(C)N(C)C(C)CCC(=O)NN. The topological polar surface area (TPSA) is 58.4 Å². The van der Waals surface area contributed by atoms with E-state index >= 15 is 0 Å². The van der Waals surface area contributed by atoms with Crippen LogP contribution in [-0.2, 0) is 4.79 Å². The minimum absolute atomic E-state index is 0.0863. The Morgan fingerprint density at radius 1 is 1.25 bits per heavy atom. The van der Waals surface area contributed by atoms with E-state index in [4.69, 9.17) is 5.84 Å². The Kier molecular flexibility index (Phi) is 7.34. The average Bonchev–Trinajstić information content (AvgIpc) is 2.23. The lowest BCUT2D eigenvalue weighted by Gasteiger charge is -2.31. The van der Waals surface area contributed by atoms with Gasteiger partial charge in [-0.3, -0.25) is 10.2 Å². The van der Waals surface area contributed by atoms with Gasteiger partial charge in [0.15, 0.2) is 0 Å². The van der Waals surface area contributed by atoms with Gasteiger partial charge in [-0.05, 0) is 39.7 Å². The number of hydrogen-bond donors (Lipinski definition) is 2. The van der Waals surface area contributed by atoms with Gasteiger partial charge >= 0.3 is 0 Å². The Bertz CT molecular complexity index is 206. The fourth-order valence-electron chi connectivity index (χ4n) is 1.90. The molecule has 1 amide bonds. The fraction of sp³-hybridized carbons (Fsp3) is 0.917. The van der Waals surface area contributed by atoms with Crippen molar-refractivity contribution in [2.75, 3.05) is 7.05 Å². The van der Waals surface area contributed by atoms with E-state index in [1.54, 1.807) is 0 Å². The van der Waals surface area contributed by atoms with Crippen molar-refractivity contribution < 1.29 is 4.79 Å². The van der Waals surface area contributed by atoms with Gasteiger partial charge in [0.2, 0.25) is 5.91 Å². The molecule has 0 heterocycles. The van der Waals surface area contributed by atoms with Gasteiger partial charge in [0.1, 0.15) is 0 Å². The van der Waals surface area contributed by atoms with Crippen LogP contribution in [0.2, 0.25) is 0 Å². The van der Waals surface area contributed by atoms with Crippen LogP contribution in [-0.4, -0.2) is 29.9 Å². The molecule has 0 aliphatic heterocycles. The summed E-state index contributed by atoms with van der Waals surface area (Å²) in [4.78, 5) is 13.4. The van der Waals surface area contributed by atoms with Crippen LogP contribution < -0.4 is 11.3 Å². The van der Waals surface area contributed by atoms with Crippen LogP contribution in [0.1, 0.15) is 47.0 Å². The van der Waals surface area contributed by atoms with Crippen LogP contribution in [0.15, 0.2) is 0 Å². The molecule has 0 aromatic rings. The Labute approximate surface area is 99.5 Å². The van der Waals surface area contributed by atoms with E-state index in [1.165, 1.54) is 6.42 Å². The summed E-state index contributed by atoms with van der Waals surface area (Å²) < 4.78 is 0. The minimum Gasteiger partial charge on any atom is -0.301 e. The number of nitrogens with one attached hydrogen (secondary N) is 1. The normalized spacial score (nSPS) is 15.2. The summed E-state index contributed by atoms with van der Waals surface area (Å²) in [6.07, 6.45) is 2.53. The van der Waals surface area contributed by atoms with Crippen LogP contribution in [0.3, 0.4) is 0 Å². The molecule has 0 saturated heterocycles. The summed E-state index contributed by atoms with van der Waals surface area (Å²) in [5.74, 6) is 5.67. The van der Waals surface area contributed by atoms with Crippen molar-refractivity contribution in [2.24, 2.45) is 11.8 Å². The monoisotopic (exact) mass is 229 g/mol. The van der Waals surface area contributed by atoms with Gasteiger partial charge in [0.25, 0.3) is 0 Å². The van der Waals surface area contributed by atoms with E-state index in [0.717, 1.165) is 6.42 Å². The maximum atomic E-state index is 11.0. The molecule has 3 N–H and O–H groups in total. The number of amides is 1. The number of hydrogen-bond acceptors (Lipinski definition) is 3. The first-order valence-corrected chi connectivity index (χ1v) is 6.09. The van der Waals surface area contributed by atoms with Crippen LogP contribution in [0.25, 0.3) is 0 Å². The number of nitrogens with zero attached hydrogens (tertiary/aromatic N) is 1. The lowest BCUT2D eigenvalue weighted by Crippen LogP contribution is -2.39. The van der Waals surface area contributed by atoms with Crippen molar-refractivity contribution >= 4 is 5.91 Å². The molecule has 16 heavy (non-hydrogen) atoms. The Balaban J connectivity index is 3.97. The third-order valence-corrected chi connectivity index (χ3v) is 3.15. The van der Waals surface area contributed by atoms with Crippen molar-refractivity contribution in [3.8, 4) is 0 Å². The van der Waals surface area contributed by atoms with Gasteiger partial charge in [-0.1, -0.05) is 13.8 Å². The van der Waals surface area contributed by atoms with Gasteiger partial charge in [-0.2, -0.15) is 0 Å². The Hall–Kier alpha value is -0.610. The molecule has 0 radical (unpaired) electrons. The van der Waals surface area contributed by atoms with Gasteiger partial charge in [-0.25, -0.2) is 5.84 Å². The first-order valence-electron chi connectivity index (χ1n) is 6.09. The van der Waals surface area contributed by atoms with Crippen LogP contribution in [0.4, 0.5) is 0 Å². The fourth-order valence-corrected chi connectivity index (χ4v) is 1.90. The molecule has 4 nitrogen and oxygen atoms in total. The number of nitrogens with two attached hydrogens (primary N) is 1. The molecule has 96 valence electrons. The number of hydrazine groups is 1. The molecular weight excluding hydrogens is 202 g/mol. The molecule has 0 aromatic carbocycles. The predicted molar refractivity (Wildman–Crippen MR) is 67.7 cm³/mol. The molecule has 0 saturated carbocycles. The van der Waals surface area contributed by atoms with Crippen molar-refractivity contribution in [3.63, 3.8) is 0 Å². The molecule has 2 atom stereocenters. The zero-order chi connectivity index (χ0) is 12.7. The second-order valence-electron chi connectivity index (χ2n) is 5.10. The van der Waals surface area contributed by atoms with Crippen molar-refractivity contribution in [1.82, 2.24) is 10.3 Å². The number of rotatable bonds is 7. The van der Waals surface area contributed by atoms with Crippen molar-refractivity contribution in [3.05, 3.63) is 0 Å². The smallest absolute Gasteiger partial charge is 0.233 e. The molecule has 2 unspecified atom stereocenters. The average molecular weight is 229 g/mol. The number of carbonyl (C=O) groups is 1. The molecule has 0 aliphatic rings. The summed E-state index contributed by atoms with van der Waals surface area (Å²) in [6, 6.07) is 0.960. The predicted octanol–water partition coefficient (Wildman–Crippen LogP) is 1.51. The lowest BCUT2D eigenvalue weighted by molar-refractivity contribution is -0.121. The van der Waals surface area contributed by atoms with E-state index in [-0.39, 0.29) is 5.91 Å².